The number of benzene rings is 2. The molecule has 1 aromatic heterocycles. The van der Waals surface area contributed by atoms with Gasteiger partial charge >= 0.3 is 0 Å². The molecule has 0 atom stereocenters. The summed E-state index contributed by atoms with van der Waals surface area (Å²) in [5, 5.41) is 8.13. The number of nitrogens with zero attached hydrogens (tertiary/aromatic N) is 4. The number of ether oxygens (including phenoxy) is 1. The number of carbonyl (C=O) groups excluding carboxylic acids is 1. The molecule has 28 heavy (non-hydrogen) atoms. The first kappa shape index (κ1) is 18.2. The molecule has 3 aromatic rings. The molecule has 0 saturated heterocycles. The summed E-state index contributed by atoms with van der Waals surface area (Å²) < 4.78 is 7.65. The van der Waals surface area contributed by atoms with Crippen molar-refractivity contribution in [2.24, 2.45) is 0 Å². The maximum atomic E-state index is 13.0. The van der Waals surface area contributed by atoms with Crippen molar-refractivity contribution in [3.8, 4) is 16.9 Å². The molecule has 144 valence electrons. The lowest BCUT2D eigenvalue weighted by Gasteiger charge is -2.19. The molecule has 0 N–H and O–H groups in total. The molecule has 0 spiro atoms. The third-order valence-electron chi connectivity index (χ3n) is 5.07. The van der Waals surface area contributed by atoms with Crippen molar-refractivity contribution >= 4 is 5.91 Å². The molecule has 1 aliphatic rings. The van der Waals surface area contributed by atoms with Gasteiger partial charge in [0.05, 0.1) is 13.2 Å². The van der Waals surface area contributed by atoms with Crippen molar-refractivity contribution in [3.05, 3.63) is 65.7 Å². The third-order valence-corrected chi connectivity index (χ3v) is 5.07. The maximum absolute atomic E-state index is 13.0. The number of amides is 1. The van der Waals surface area contributed by atoms with Crippen molar-refractivity contribution in [2.45, 2.75) is 32.9 Å². The lowest BCUT2D eigenvalue weighted by atomic mass is 10.0. The van der Waals surface area contributed by atoms with Gasteiger partial charge in [-0.05, 0) is 48.7 Å². The summed E-state index contributed by atoms with van der Waals surface area (Å²) in [5.41, 5.74) is 3.95. The molecular formula is C22H24N4O2. The second-order valence-corrected chi connectivity index (χ2v) is 7.41. The van der Waals surface area contributed by atoms with E-state index in [1.807, 2.05) is 28.8 Å². The van der Waals surface area contributed by atoms with Crippen molar-refractivity contribution in [1.82, 2.24) is 19.7 Å². The van der Waals surface area contributed by atoms with E-state index in [0.717, 1.165) is 35.7 Å². The fourth-order valence-corrected chi connectivity index (χ4v) is 3.49. The van der Waals surface area contributed by atoms with Crippen LogP contribution in [0.25, 0.3) is 11.1 Å². The summed E-state index contributed by atoms with van der Waals surface area (Å²) in [4.78, 5) is 14.6. The maximum Gasteiger partial charge on any atom is 0.254 e. The first-order chi connectivity index (χ1) is 13.5. The summed E-state index contributed by atoms with van der Waals surface area (Å²) in [6, 6.07) is 14.2. The summed E-state index contributed by atoms with van der Waals surface area (Å²) >= 11 is 0. The van der Waals surface area contributed by atoms with Gasteiger partial charge in [-0.1, -0.05) is 24.3 Å². The molecule has 6 heteroatoms. The summed E-state index contributed by atoms with van der Waals surface area (Å²) in [5.74, 6) is 1.68. The van der Waals surface area contributed by atoms with Crippen LogP contribution in [0, 0.1) is 0 Å². The van der Waals surface area contributed by atoms with E-state index in [0.29, 0.717) is 12.1 Å². The largest absolute Gasteiger partial charge is 0.493 e. The highest BCUT2D eigenvalue weighted by Crippen LogP contribution is 2.31. The molecule has 0 radical (unpaired) electrons. The van der Waals surface area contributed by atoms with Crippen LogP contribution < -0.4 is 4.74 Å². The Morgan fingerprint density at radius 3 is 2.86 bits per heavy atom. The number of hydrogen-bond acceptors (Lipinski definition) is 4. The normalized spacial score (nSPS) is 12.7. The Labute approximate surface area is 164 Å². The molecule has 2 aromatic carbocycles. The number of fused-ring (bicyclic) bond motifs is 1. The molecule has 0 aliphatic carbocycles. The fraction of sp³-hybridized carbons (Fsp3) is 0.318. The van der Waals surface area contributed by atoms with Gasteiger partial charge in [-0.15, -0.1) is 10.2 Å². The predicted octanol–water partition coefficient (Wildman–Crippen LogP) is 3.73. The van der Waals surface area contributed by atoms with Crippen molar-refractivity contribution < 1.29 is 9.53 Å². The molecule has 1 aliphatic heterocycles. The summed E-state index contributed by atoms with van der Waals surface area (Å²) in [6.07, 6.45) is 2.66. The monoisotopic (exact) mass is 376 g/mol. The van der Waals surface area contributed by atoms with E-state index in [1.54, 1.807) is 18.3 Å². The fourth-order valence-electron chi connectivity index (χ4n) is 3.49. The van der Waals surface area contributed by atoms with Crippen LogP contribution in [-0.4, -0.2) is 39.2 Å². The summed E-state index contributed by atoms with van der Waals surface area (Å²) in [7, 11) is 1.79. The quantitative estimate of drug-likeness (QED) is 0.681. The Hall–Kier alpha value is -3.15. The predicted molar refractivity (Wildman–Crippen MR) is 107 cm³/mol. The van der Waals surface area contributed by atoms with Gasteiger partial charge in [0, 0.05) is 25.1 Å². The zero-order valence-electron chi connectivity index (χ0n) is 16.4. The van der Waals surface area contributed by atoms with Gasteiger partial charge in [0.1, 0.15) is 12.1 Å². The van der Waals surface area contributed by atoms with Crippen LogP contribution in [-0.2, 0) is 13.0 Å². The topological polar surface area (TPSA) is 60.2 Å². The van der Waals surface area contributed by atoms with Crippen molar-refractivity contribution in [2.75, 3.05) is 13.7 Å². The minimum atomic E-state index is -0.0439. The number of hydrogen-bond donors (Lipinski definition) is 0. The molecule has 0 unspecified atom stereocenters. The van der Waals surface area contributed by atoms with E-state index in [2.05, 4.69) is 42.2 Å². The van der Waals surface area contributed by atoms with Gasteiger partial charge in [-0.2, -0.15) is 0 Å². The van der Waals surface area contributed by atoms with Crippen LogP contribution in [0.4, 0.5) is 0 Å². The van der Waals surface area contributed by atoms with Crippen LogP contribution in [0.3, 0.4) is 0 Å². The first-order valence-corrected chi connectivity index (χ1v) is 9.53. The average molecular weight is 376 g/mol. The van der Waals surface area contributed by atoms with Gasteiger partial charge in [0.25, 0.3) is 5.91 Å². The molecular weight excluding hydrogens is 352 g/mol. The number of carbonyl (C=O) groups is 1. The van der Waals surface area contributed by atoms with E-state index < -0.39 is 0 Å². The second kappa shape index (κ2) is 7.46. The minimum Gasteiger partial charge on any atom is -0.493 e. The standard InChI is InChI=1S/C22H24N4O2/c1-15(2)26-14-23-24-21(26)13-25(3)22(27)19-6-4-5-17(11-19)18-8-7-16-9-10-28-20(16)12-18/h4-8,11-12,14-15H,9-10,13H2,1-3H3. The van der Waals surface area contributed by atoms with E-state index in [1.165, 1.54) is 5.56 Å². The number of aromatic nitrogens is 3. The zero-order valence-corrected chi connectivity index (χ0v) is 16.4. The molecule has 2 heterocycles. The molecule has 6 nitrogen and oxygen atoms in total. The van der Waals surface area contributed by atoms with E-state index in [4.69, 9.17) is 4.74 Å². The molecule has 4 rings (SSSR count). The Bertz CT molecular complexity index is 1010. The number of rotatable bonds is 5. The highest BCUT2D eigenvalue weighted by molar-refractivity contribution is 5.95. The highest BCUT2D eigenvalue weighted by Gasteiger charge is 2.17. The van der Waals surface area contributed by atoms with Gasteiger partial charge < -0.3 is 14.2 Å². The molecule has 1 amide bonds. The first-order valence-electron chi connectivity index (χ1n) is 9.53. The lowest BCUT2D eigenvalue weighted by Crippen LogP contribution is -2.28. The summed E-state index contributed by atoms with van der Waals surface area (Å²) in [6.45, 7) is 5.29. The van der Waals surface area contributed by atoms with Crippen LogP contribution in [0.1, 0.15) is 41.6 Å². The Kier molecular flexibility index (Phi) is 4.86. The van der Waals surface area contributed by atoms with E-state index >= 15 is 0 Å². The smallest absolute Gasteiger partial charge is 0.254 e. The van der Waals surface area contributed by atoms with Gasteiger partial charge in [0.2, 0.25) is 0 Å². The van der Waals surface area contributed by atoms with E-state index in [-0.39, 0.29) is 11.9 Å². The molecule has 0 bridgehead atoms. The Morgan fingerprint density at radius 2 is 2.04 bits per heavy atom. The second-order valence-electron chi connectivity index (χ2n) is 7.41. The van der Waals surface area contributed by atoms with E-state index in [9.17, 15) is 4.79 Å². The SMILES string of the molecule is CC(C)n1cnnc1CN(C)C(=O)c1cccc(-c2ccc3c(c2)OCC3)c1. The van der Waals surface area contributed by atoms with Gasteiger partial charge in [0.15, 0.2) is 5.82 Å². The van der Waals surface area contributed by atoms with Crippen LogP contribution in [0.2, 0.25) is 0 Å². The van der Waals surface area contributed by atoms with Crippen molar-refractivity contribution in [3.63, 3.8) is 0 Å². The lowest BCUT2D eigenvalue weighted by molar-refractivity contribution is 0.0779. The van der Waals surface area contributed by atoms with Crippen LogP contribution in [0.15, 0.2) is 48.8 Å². The molecule has 0 saturated carbocycles. The molecule has 0 fully saturated rings. The zero-order chi connectivity index (χ0) is 19.7. The van der Waals surface area contributed by atoms with Crippen LogP contribution in [0.5, 0.6) is 5.75 Å². The van der Waals surface area contributed by atoms with Crippen molar-refractivity contribution in [1.29, 1.82) is 0 Å². The highest BCUT2D eigenvalue weighted by atomic mass is 16.5. The van der Waals surface area contributed by atoms with Crippen LogP contribution >= 0.6 is 0 Å². The Balaban J connectivity index is 1.55. The van der Waals surface area contributed by atoms with Gasteiger partial charge in [-0.25, -0.2) is 0 Å². The Morgan fingerprint density at radius 1 is 1.21 bits per heavy atom. The van der Waals surface area contributed by atoms with Gasteiger partial charge in [-0.3, -0.25) is 4.79 Å². The third kappa shape index (κ3) is 3.50. The average Bonchev–Trinajstić information content (AvgIpc) is 3.36. The minimum absolute atomic E-state index is 0.0439.